The Morgan fingerprint density at radius 3 is 2.79 bits per heavy atom. The number of carbonyl (C=O) groups excluding carboxylic acids is 1. The van der Waals surface area contributed by atoms with E-state index in [2.05, 4.69) is 10.3 Å². The zero-order chi connectivity index (χ0) is 17.1. The maximum absolute atomic E-state index is 12.7. The van der Waals surface area contributed by atoms with Crippen molar-refractivity contribution in [2.75, 3.05) is 5.32 Å². The van der Waals surface area contributed by atoms with Crippen molar-refractivity contribution in [2.24, 2.45) is 0 Å². The maximum Gasteiger partial charge on any atom is 0.261 e. The Balaban J connectivity index is 1.95. The predicted octanol–water partition coefficient (Wildman–Crippen LogP) is 3.64. The molecule has 3 rings (SSSR count). The third-order valence-electron chi connectivity index (χ3n) is 3.81. The van der Waals surface area contributed by atoms with Crippen molar-refractivity contribution in [1.29, 1.82) is 0 Å². The number of benzene rings is 2. The highest BCUT2D eigenvalue weighted by molar-refractivity contribution is 6.30. The molecule has 24 heavy (non-hydrogen) atoms. The average molecular weight is 342 g/mol. The van der Waals surface area contributed by atoms with E-state index in [1.54, 1.807) is 42.5 Å². The molecule has 0 unspecified atom stereocenters. The Kier molecular flexibility index (Phi) is 4.62. The molecule has 1 amide bonds. The Hall–Kier alpha value is -2.66. The van der Waals surface area contributed by atoms with Crippen LogP contribution in [0.1, 0.15) is 19.4 Å². The monoisotopic (exact) mass is 341 g/mol. The van der Waals surface area contributed by atoms with Crippen LogP contribution in [0.2, 0.25) is 5.02 Å². The lowest BCUT2D eigenvalue weighted by Crippen LogP contribution is -2.33. The molecule has 0 saturated carbocycles. The van der Waals surface area contributed by atoms with Gasteiger partial charge in [0, 0.05) is 10.7 Å². The maximum atomic E-state index is 12.7. The molecule has 0 saturated heterocycles. The summed E-state index contributed by atoms with van der Waals surface area (Å²) in [5, 5.41) is 3.82. The van der Waals surface area contributed by atoms with Crippen molar-refractivity contribution in [3.05, 3.63) is 70.2 Å². The Labute approximate surface area is 143 Å². The summed E-state index contributed by atoms with van der Waals surface area (Å²) in [6, 6.07) is 13.3. The average Bonchev–Trinajstić information content (AvgIpc) is 2.58. The van der Waals surface area contributed by atoms with Crippen molar-refractivity contribution in [2.45, 2.75) is 19.4 Å². The van der Waals surface area contributed by atoms with Gasteiger partial charge in [0.15, 0.2) is 0 Å². The minimum absolute atomic E-state index is 0.228. The van der Waals surface area contributed by atoms with E-state index in [0.717, 1.165) is 0 Å². The van der Waals surface area contributed by atoms with Crippen molar-refractivity contribution in [3.8, 4) is 0 Å². The smallest absolute Gasteiger partial charge is 0.261 e. The minimum Gasteiger partial charge on any atom is -0.324 e. The lowest BCUT2D eigenvalue weighted by Gasteiger charge is -2.18. The summed E-state index contributed by atoms with van der Waals surface area (Å²) < 4.78 is 1.38. The number of nitrogens with zero attached hydrogens (tertiary/aromatic N) is 2. The number of para-hydroxylation sites is 1. The first kappa shape index (κ1) is 16.2. The fourth-order valence-electron chi connectivity index (χ4n) is 2.61. The van der Waals surface area contributed by atoms with Crippen LogP contribution < -0.4 is 10.9 Å². The van der Waals surface area contributed by atoms with Crippen molar-refractivity contribution in [1.82, 2.24) is 9.55 Å². The van der Waals surface area contributed by atoms with Crippen LogP contribution >= 0.6 is 11.6 Å². The number of fused-ring (bicyclic) bond motifs is 1. The zero-order valence-corrected chi connectivity index (χ0v) is 13.8. The number of aromatic nitrogens is 2. The Morgan fingerprint density at radius 2 is 2.04 bits per heavy atom. The van der Waals surface area contributed by atoms with Gasteiger partial charge in [-0.05, 0) is 36.8 Å². The number of hydrogen-bond donors (Lipinski definition) is 1. The highest BCUT2D eigenvalue weighted by atomic mass is 35.5. The standard InChI is InChI=1S/C18H16ClN3O2/c1-2-16(17(23)21-13-7-5-6-12(19)10-13)22-11-20-15-9-4-3-8-14(15)18(22)24/h3-11,16H,2H2,1H3,(H,21,23)/t16-/m1/s1. The minimum atomic E-state index is -0.645. The summed E-state index contributed by atoms with van der Waals surface area (Å²) in [7, 11) is 0. The van der Waals surface area contributed by atoms with Crippen molar-refractivity contribution >= 4 is 34.1 Å². The first-order valence-corrected chi connectivity index (χ1v) is 8.00. The lowest BCUT2D eigenvalue weighted by molar-refractivity contribution is -0.119. The first-order valence-electron chi connectivity index (χ1n) is 7.62. The Bertz CT molecular complexity index is 952. The van der Waals surface area contributed by atoms with E-state index in [-0.39, 0.29) is 11.5 Å². The van der Waals surface area contributed by atoms with Gasteiger partial charge in [0.25, 0.3) is 5.56 Å². The van der Waals surface area contributed by atoms with Gasteiger partial charge in [0.05, 0.1) is 17.2 Å². The number of hydrogen-bond acceptors (Lipinski definition) is 3. The van der Waals surface area contributed by atoms with E-state index in [1.165, 1.54) is 10.9 Å². The lowest BCUT2D eigenvalue weighted by atomic mass is 10.1. The molecule has 5 nitrogen and oxygen atoms in total. The predicted molar refractivity (Wildman–Crippen MR) is 95.4 cm³/mol. The molecule has 0 aliphatic carbocycles. The highest BCUT2D eigenvalue weighted by Gasteiger charge is 2.21. The molecule has 1 aromatic heterocycles. The van der Waals surface area contributed by atoms with Crippen LogP contribution in [0.5, 0.6) is 0 Å². The van der Waals surface area contributed by atoms with E-state index >= 15 is 0 Å². The van der Waals surface area contributed by atoms with Gasteiger partial charge in [-0.2, -0.15) is 0 Å². The molecular formula is C18H16ClN3O2. The largest absolute Gasteiger partial charge is 0.324 e. The quantitative estimate of drug-likeness (QED) is 0.788. The molecule has 1 heterocycles. The molecule has 122 valence electrons. The van der Waals surface area contributed by atoms with Gasteiger partial charge in [-0.15, -0.1) is 0 Å². The van der Waals surface area contributed by atoms with Crippen LogP contribution in [0.15, 0.2) is 59.7 Å². The molecule has 0 aliphatic rings. The van der Waals surface area contributed by atoms with Gasteiger partial charge < -0.3 is 5.32 Å². The van der Waals surface area contributed by atoms with E-state index < -0.39 is 6.04 Å². The van der Waals surface area contributed by atoms with Gasteiger partial charge in [0.1, 0.15) is 6.04 Å². The highest BCUT2D eigenvalue weighted by Crippen LogP contribution is 2.18. The summed E-state index contributed by atoms with van der Waals surface area (Å²) in [5.41, 5.74) is 0.977. The van der Waals surface area contributed by atoms with E-state index in [4.69, 9.17) is 11.6 Å². The van der Waals surface area contributed by atoms with Crippen LogP contribution in [-0.2, 0) is 4.79 Å². The normalized spacial score (nSPS) is 12.1. The van der Waals surface area contributed by atoms with Gasteiger partial charge in [-0.1, -0.05) is 36.7 Å². The zero-order valence-electron chi connectivity index (χ0n) is 13.1. The van der Waals surface area contributed by atoms with E-state index in [1.807, 2.05) is 13.0 Å². The molecule has 6 heteroatoms. The molecule has 3 aromatic rings. The van der Waals surface area contributed by atoms with Gasteiger partial charge in [-0.25, -0.2) is 4.98 Å². The third kappa shape index (κ3) is 3.16. The fourth-order valence-corrected chi connectivity index (χ4v) is 2.80. The van der Waals surface area contributed by atoms with Crippen LogP contribution in [0.3, 0.4) is 0 Å². The van der Waals surface area contributed by atoms with Crippen molar-refractivity contribution < 1.29 is 4.79 Å². The number of rotatable bonds is 4. The molecule has 0 spiro atoms. The number of carbonyl (C=O) groups is 1. The summed E-state index contributed by atoms with van der Waals surface area (Å²) >= 11 is 5.93. The molecule has 0 aliphatic heterocycles. The SMILES string of the molecule is CC[C@H](C(=O)Nc1cccc(Cl)c1)n1cnc2ccccc2c1=O. The third-order valence-corrected chi connectivity index (χ3v) is 4.04. The molecule has 0 radical (unpaired) electrons. The van der Waals surface area contributed by atoms with Crippen LogP contribution in [0, 0.1) is 0 Å². The number of halogens is 1. The second kappa shape index (κ2) is 6.84. The summed E-state index contributed by atoms with van der Waals surface area (Å²) in [5.74, 6) is -0.279. The van der Waals surface area contributed by atoms with Crippen LogP contribution in [0.4, 0.5) is 5.69 Å². The second-order valence-corrected chi connectivity index (χ2v) is 5.83. The van der Waals surface area contributed by atoms with Gasteiger partial charge >= 0.3 is 0 Å². The number of nitrogens with one attached hydrogen (secondary N) is 1. The molecular weight excluding hydrogens is 326 g/mol. The van der Waals surface area contributed by atoms with Crippen LogP contribution in [0.25, 0.3) is 10.9 Å². The van der Waals surface area contributed by atoms with Gasteiger partial charge in [-0.3, -0.25) is 14.2 Å². The summed E-state index contributed by atoms with van der Waals surface area (Å²) in [6.45, 7) is 1.85. The summed E-state index contributed by atoms with van der Waals surface area (Å²) in [6.07, 6.45) is 1.89. The Morgan fingerprint density at radius 1 is 1.25 bits per heavy atom. The number of anilines is 1. The van der Waals surface area contributed by atoms with E-state index in [0.29, 0.717) is 28.0 Å². The van der Waals surface area contributed by atoms with Gasteiger partial charge in [0.2, 0.25) is 5.91 Å². The molecule has 0 bridgehead atoms. The van der Waals surface area contributed by atoms with Crippen LogP contribution in [-0.4, -0.2) is 15.5 Å². The summed E-state index contributed by atoms with van der Waals surface area (Å²) in [4.78, 5) is 29.5. The number of amides is 1. The molecule has 0 fully saturated rings. The first-order chi connectivity index (χ1) is 11.6. The molecule has 2 aromatic carbocycles. The topological polar surface area (TPSA) is 64.0 Å². The van der Waals surface area contributed by atoms with E-state index in [9.17, 15) is 9.59 Å². The molecule has 1 N–H and O–H groups in total. The van der Waals surface area contributed by atoms with Crippen molar-refractivity contribution in [3.63, 3.8) is 0 Å². The fraction of sp³-hybridized carbons (Fsp3) is 0.167. The molecule has 1 atom stereocenters. The second-order valence-electron chi connectivity index (χ2n) is 5.40.